The topological polar surface area (TPSA) is 40.5 Å². The van der Waals surface area contributed by atoms with Crippen LogP contribution in [0.25, 0.3) is 16.9 Å². The largest absolute Gasteiger partial charge is 0.493 e. The lowest BCUT2D eigenvalue weighted by molar-refractivity contribution is 0.0526. The van der Waals surface area contributed by atoms with Gasteiger partial charge in [0.25, 0.3) is 0 Å². The predicted molar refractivity (Wildman–Crippen MR) is 132 cm³/mol. The second-order valence-corrected chi connectivity index (χ2v) is 9.34. The van der Waals surface area contributed by atoms with E-state index in [1.54, 1.807) is 6.07 Å². The van der Waals surface area contributed by atoms with Crippen molar-refractivity contribution in [2.24, 2.45) is 5.92 Å². The van der Waals surface area contributed by atoms with Gasteiger partial charge in [-0.25, -0.2) is 4.79 Å². The van der Waals surface area contributed by atoms with E-state index in [2.05, 4.69) is 45.6 Å². The SMILES string of the molecule is CCOC(=O)c1cccc(-n2c(C)ccc2-c2cc(Br)ccc2OCC2CCCCC2)c1. The van der Waals surface area contributed by atoms with E-state index in [0.717, 1.165) is 39.5 Å². The molecule has 0 radical (unpaired) electrons. The van der Waals surface area contributed by atoms with Crippen molar-refractivity contribution < 1.29 is 14.3 Å². The molecule has 1 heterocycles. The van der Waals surface area contributed by atoms with Gasteiger partial charge in [-0.15, -0.1) is 0 Å². The molecule has 1 aliphatic rings. The molecule has 4 nitrogen and oxygen atoms in total. The van der Waals surface area contributed by atoms with Crippen molar-refractivity contribution in [3.05, 3.63) is 70.3 Å². The molecule has 0 unspecified atom stereocenters. The number of rotatable bonds is 7. The van der Waals surface area contributed by atoms with Gasteiger partial charge in [0.1, 0.15) is 5.75 Å². The van der Waals surface area contributed by atoms with Crippen molar-refractivity contribution >= 4 is 21.9 Å². The van der Waals surface area contributed by atoms with Crippen molar-refractivity contribution in [2.75, 3.05) is 13.2 Å². The van der Waals surface area contributed by atoms with E-state index in [4.69, 9.17) is 9.47 Å². The van der Waals surface area contributed by atoms with Gasteiger partial charge in [-0.3, -0.25) is 0 Å². The fourth-order valence-corrected chi connectivity index (χ4v) is 4.83. The summed E-state index contributed by atoms with van der Waals surface area (Å²) in [5.41, 5.74) is 4.62. The summed E-state index contributed by atoms with van der Waals surface area (Å²) in [6.07, 6.45) is 6.46. The minimum Gasteiger partial charge on any atom is -0.493 e. The summed E-state index contributed by atoms with van der Waals surface area (Å²) in [4.78, 5) is 12.3. The lowest BCUT2D eigenvalue weighted by Crippen LogP contribution is -2.15. The maximum absolute atomic E-state index is 12.3. The highest BCUT2D eigenvalue weighted by Crippen LogP contribution is 2.36. The Balaban J connectivity index is 1.69. The molecule has 168 valence electrons. The highest BCUT2D eigenvalue weighted by atomic mass is 79.9. The molecule has 0 N–H and O–H groups in total. The van der Waals surface area contributed by atoms with Gasteiger partial charge in [0.2, 0.25) is 0 Å². The summed E-state index contributed by atoms with van der Waals surface area (Å²) in [6, 6.07) is 18.0. The average Bonchev–Trinajstić information content (AvgIpc) is 3.20. The zero-order chi connectivity index (χ0) is 22.5. The number of aromatic nitrogens is 1. The Hall–Kier alpha value is -2.53. The number of halogens is 1. The molecular formula is C27H30BrNO3. The molecule has 0 aliphatic heterocycles. The number of carbonyl (C=O) groups is 1. The molecule has 0 bridgehead atoms. The smallest absolute Gasteiger partial charge is 0.338 e. The number of carbonyl (C=O) groups excluding carboxylic acids is 1. The van der Waals surface area contributed by atoms with Crippen molar-refractivity contribution in [1.82, 2.24) is 4.57 Å². The molecule has 0 amide bonds. The third kappa shape index (κ3) is 5.09. The van der Waals surface area contributed by atoms with Crippen LogP contribution in [-0.2, 0) is 4.74 Å². The summed E-state index contributed by atoms with van der Waals surface area (Å²) in [7, 11) is 0. The Kier molecular flexibility index (Phi) is 7.36. The number of benzene rings is 2. The van der Waals surface area contributed by atoms with Crippen molar-refractivity contribution in [1.29, 1.82) is 0 Å². The number of hydrogen-bond acceptors (Lipinski definition) is 3. The second kappa shape index (κ2) is 10.4. The summed E-state index contributed by atoms with van der Waals surface area (Å²) < 4.78 is 14.7. The first kappa shape index (κ1) is 22.7. The second-order valence-electron chi connectivity index (χ2n) is 8.42. The molecular weight excluding hydrogens is 466 g/mol. The van der Waals surface area contributed by atoms with Gasteiger partial charge in [-0.1, -0.05) is 41.3 Å². The van der Waals surface area contributed by atoms with Crippen LogP contribution in [0.2, 0.25) is 0 Å². The zero-order valence-electron chi connectivity index (χ0n) is 18.8. The summed E-state index contributed by atoms with van der Waals surface area (Å²) in [5.74, 6) is 1.22. The van der Waals surface area contributed by atoms with Gasteiger partial charge < -0.3 is 14.0 Å². The standard InChI is InChI=1S/C27H30BrNO3/c1-3-31-27(30)21-10-7-11-23(16-21)29-19(2)12-14-25(29)24-17-22(28)13-15-26(24)32-18-20-8-5-4-6-9-20/h7,10-17,20H,3-6,8-9,18H2,1-2H3. The van der Waals surface area contributed by atoms with Gasteiger partial charge in [-0.05, 0) is 81.1 Å². The van der Waals surface area contributed by atoms with E-state index in [1.165, 1.54) is 32.1 Å². The lowest BCUT2D eigenvalue weighted by atomic mass is 9.90. The Morgan fingerprint density at radius 1 is 1.06 bits per heavy atom. The fourth-order valence-electron chi connectivity index (χ4n) is 4.47. The Bertz CT molecular complexity index is 1080. The molecule has 0 spiro atoms. The summed E-state index contributed by atoms with van der Waals surface area (Å²) >= 11 is 3.63. The number of aryl methyl sites for hydroxylation is 1. The molecule has 0 saturated heterocycles. The first-order valence-corrected chi connectivity index (χ1v) is 12.2. The molecule has 1 saturated carbocycles. The molecule has 1 fully saturated rings. The summed E-state index contributed by atoms with van der Waals surface area (Å²) in [5, 5.41) is 0. The molecule has 4 rings (SSSR count). The van der Waals surface area contributed by atoms with Crippen LogP contribution in [0, 0.1) is 12.8 Å². The van der Waals surface area contributed by atoms with Crippen LogP contribution in [0.3, 0.4) is 0 Å². The van der Waals surface area contributed by atoms with Crippen LogP contribution in [0.15, 0.2) is 59.1 Å². The third-order valence-electron chi connectivity index (χ3n) is 6.11. The van der Waals surface area contributed by atoms with E-state index in [0.29, 0.717) is 18.1 Å². The molecule has 3 aromatic rings. The van der Waals surface area contributed by atoms with Gasteiger partial charge in [0.15, 0.2) is 0 Å². The molecule has 32 heavy (non-hydrogen) atoms. The maximum Gasteiger partial charge on any atom is 0.338 e. The van der Waals surface area contributed by atoms with Crippen LogP contribution in [0.4, 0.5) is 0 Å². The highest BCUT2D eigenvalue weighted by Gasteiger charge is 2.18. The number of ether oxygens (including phenoxy) is 2. The lowest BCUT2D eigenvalue weighted by Gasteiger charge is -2.23. The van der Waals surface area contributed by atoms with E-state index in [-0.39, 0.29) is 5.97 Å². The van der Waals surface area contributed by atoms with E-state index in [9.17, 15) is 4.79 Å². The van der Waals surface area contributed by atoms with Crippen LogP contribution in [-0.4, -0.2) is 23.8 Å². The molecule has 2 aromatic carbocycles. The first-order valence-electron chi connectivity index (χ1n) is 11.5. The minimum absolute atomic E-state index is 0.306. The quantitative estimate of drug-likeness (QED) is 0.321. The van der Waals surface area contributed by atoms with Crippen molar-refractivity contribution in [3.8, 4) is 22.7 Å². The van der Waals surface area contributed by atoms with E-state index < -0.39 is 0 Å². The third-order valence-corrected chi connectivity index (χ3v) is 6.60. The maximum atomic E-state index is 12.3. The van der Waals surface area contributed by atoms with Crippen LogP contribution < -0.4 is 4.74 Å². The molecule has 5 heteroatoms. The van der Waals surface area contributed by atoms with Gasteiger partial charge in [-0.2, -0.15) is 0 Å². The van der Waals surface area contributed by atoms with E-state index >= 15 is 0 Å². The van der Waals surface area contributed by atoms with Crippen molar-refractivity contribution in [2.45, 2.75) is 46.0 Å². The van der Waals surface area contributed by atoms with Crippen LogP contribution in [0.1, 0.15) is 55.1 Å². The van der Waals surface area contributed by atoms with Gasteiger partial charge in [0, 0.05) is 21.4 Å². The Morgan fingerprint density at radius 2 is 1.88 bits per heavy atom. The Labute approximate surface area is 198 Å². The number of hydrogen-bond donors (Lipinski definition) is 0. The Morgan fingerprint density at radius 3 is 2.66 bits per heavy atom. The fraction of sp³-hybridized carbons (Fsp3) is 0.370. The highest BCUT2D eigenvalue weighted by molar-refractivity contribution is 9.10. The van der Waals surface area contributed by atoms with Crippen molar-refractivity contribution in [3.63, 3.8) is 0 Å². The predicted octanol–water partition coefficient (Wildman–Crippen LogP) is 7.35. The van der Waals surface area contributed by atoms with Gasteiger partial charge >= 0.3 is 5.97 Å². The first-order chi connectivity index (χ1) is 15.6. The van der Waals surface area contributed by atoms with Crippen LogP contribution >= 0.6 is 15.9 Å². The normalized spacial score (nSPS) is 14.3. The minimum atomic E-state index is -0.306. The number of nitrogens with zero attached hydrogens (tertiary/aromatic N) is 1. The molecule has 1 aromatic heterocycles. The average molecular weight is 496 g/mol. The van der Waals surface area contributed by atoms with Gasteiger partial charge in [0.05, 0.1) is 24.5 Å². The number of esters is 1. The zero-order valence-corrected chi connectivity index (χ0v) is 20.4. The summed E-state index contributed by atoms with van der Waals surface area (Å²) in [6.45, 7) is 5.00. The van der Waals surface area contributed by atoms with Crippen LogP contribution in [0.5, 0.6) is 5.75 Å². The monoisotopic (exact) mass is 495 g/mol. The molecule has 0 atom stereocenters. The van der Waals surface area contributed by atoms with E-state index in [1.807, 2.05) is 37.3 Å². The molecule has 1 aliphatic carbocycles.